The normalized spacial score (nSPS) is 17.1. The fourth-order valence-electron chi connectivity index (χ4n) is 2.53. The third-order valence-corrected chi connectivity index (χ3v) is 3.89. The van der Waals surface area contributed by atoms with Gasteiger partial charge in [-0.1, -0.05) is 24.3 Å². The fourth-order valence-corrected chi connectivity index (χ4v) is 2.53. The average Bonchev–Trinajstić information content (AvgIpc) is 2.48. The van der Waals surface area contributed by atoms with Gasteiger partial charge in [0.1, 0.15) is 0 Å². The molecule has 0 saturated carbocycles. The van der Waals surface area contributed by atoms with Crippen LogP contribution < -0.4 is 11.1 Å². The van der Waals surface area contributed by atoms with E-state index in [1.807, 2.05) is 0 Å². The van der Waals surface area contributed by atoms with Gasteiger partial charge >= 0.3 is 0 Å². The number of hydrogen-bond acceptors (Lipinski definition) is 3. The Labute approximate surface area is 157 Å². The van der Waals surface area contributed by atoms with Gasteiger partial charge in [-0.25, -0.2) is 4.99 Å². The Bertz CT molecular complexity index is 478. The van der Waals surface area contributed by atoms with E-state index in [0.717, 1.165) is 32.7 Å². The molecule has 1 heterocycles. The maximum absolute atomic E-state index is 5.82. The van der Waals surface area contributed by atoms with Crippen molar-refractivity contribution in [3.8, 4) is 0 Å². The number of rotatable bonds is 5. The van der Waals surface area contributed by atoms with E-state index in [1.165, 1.54) is 11.1 Å². The molecule has 130 valence electrons. The van der Waals surface area contributed by atoms with Crippen LogP contribution in [0.4, 0.5) is 0 Å². The van der Waals surface area contributed by atoms with Crippen LogP contribution >= 0.6 is 24.0 Å². The van der Waals surface area contributed by atoms with Gasteiger partial charge in [0.05, 0.1) is 6.54 Å². The summed E-state index contributed by atoms with van der Waals surface area (Å²) in [4.78, 5) is 9.25. The molecule has 1 aromatic rings. The summed E-state index contributed by atoms with van der Waals surface area (Å²) in [6.07, 6.45) is 0. The lowest BCUT2D eigenvalue weighted by atomic mass is 10.1. The number of nitrogens with one attached hydrogen (secondary N) is 1. The topological polar surface area (TPSA) is 56.9 Å². The van der Waals surface area contributed by atoms with E-state index >= 15 is 0 Å². The quantitative estimate of drug-likeness (QED) is 0.425. The average molecular weight is 431 g/mol. The van der Waals surface area contributed by atoms with Crippen molar-refractivity contribution in [2.75, 3.05) is 33.2 Å². The standard InChI is InChI=1S/C17H29N5.HI/c1-14(2)20-17(18)19-12-15-4-6-16(7-5-15)13-22-10-8-21(3)9-11-22;/h4-7,14H,8-13H2,1-3H3,(H3,18,19,20);1H. The third kappa shape index (κ3) is 7.50. The van der Waals surface area contributed by atoms with Crippen molar-refractivity contribution in [1.82, 2.24) is 15.1 Å². The molecule has 0 aliphatic carbocycles. The van der Waals surface area contributed by atoms with Crippen LogP contribution in [-0.2, 0) is 13.1 Å². The first-order valence-electron chi connectivity index (χ1n) is 8.08. The number of hydrogen-bond donors (Lipinski definition) is 2. The summed E-state index contributed by atoms with van der Waals surface area (Å²) < 4.78 is 0. The van der Waals surface area contributed by atoms with Crippen LogP contribution in [0.25, 0.3) is 0 Å². The lowest BCUT2D eigenvalue weighted by Crippen LogP contribution is -2.43. The molecule has 0 spiro atoms. The first-order chi connectivity index (χ1) is 10.5. The smallest absolute Gasteiger partial charge is 0.189 e. The number of halogens is 1. The van der Waals surface area contributed by atoms with Gasteiger partial charge in [0, 0.05) is 38.8 Å². The van der Waals surface area contributed by atoms with E-state index in [0.29, 0.717) is 18.5 Å². The van der Waals surface area contributed by atoms with E-state index in [2.05, 4.69) is 65.3 Å². The van der Waals surface area contributed by atoms with Gasteiger partial charge in [-0.3, -0.25) is 4.90 Å². The maximum Gasteiger partial charge on any atom is 0.189 e. The van der Waals surface area contributed by atoms with Gasteiger partial charge < -0.3 is 16.0 Å². The van der Waals surface area contributed by atoms with Gasteiger partial charge in [-0.05, 0) is 32.0 Å². The Hall–Kier alpha value is -0.860. The molecule has 0 radical (unpaired) electrons. The lowest BCUT2D eigenvalue weighted by molar-refractivity contribution is 0.148. The van der Waals surface area contributed by atoms with Gasteiger partial charge in [0.2, 0.25) is 0 Å². The monoisotopic (exact) mass is 431 g/mol. The summed E-state index contributed by atoms with van der Waals surface area (Å²) in [7, 11) is 2.19. The summed E-state index contributed by atoms with van der Waals surface area (Å²) in [5, 5.41) is 3.10. The van der Waals surface area contributed by atoms with Crippen molar-refractivity contribution in [3.63, 3.8) is 0 Å². The molecule has 0 aromatic heterocycles. The molecule has 6 heteroatoms. The summed E-state index contributed by atoms with van der Waals surface area (Å²) in [5.41, 5.74) is 8.37. The first-order valence-corrected chi connectivity index (χ1v) is 8.08. The van der Waals surface area contributed by atoms with Crippen molar-refractivity contribution in [2.45, 2.75) is 33.0 Å². The zero-order valence-electron chi connectivity index (χ0n) is 14.5. The Morgan fingerprint density at radius 2 is 1.70 bits per heavy atom. The number of piperazine rings is 1. The molecule has 2 rings (SSSR count). The third-order valence-electron chi connectivity index (χ3n) is 3.89. The predicted octanol–water partition coefficient (Wildman–Crippen LogP) is 1.86. The second-order valence-electron chi connectivity index (χ2n) is 6.40. The second kappa shape index (κ2) is 10.1. The minimum atomic E-state index is 0. The maximum atomic E-state index is 5.82. The highest BCUT2D eigenvalue weighted by molar-refractivity contribution is 14.0. The first kappa shape index (κ1) is 20.2. The molecular weight excluding hydrogens is 401 g/mol. The largest absolute Gasteiger partial charge is 0.370 e. The van der Waals surface area contributed by atoms with E-state index < -0.39 is 0 Å². The lowest BCUT2D eigenvalue weighted by Gasteiger charge is -2.32. The highest BCUT2D eigenvalue weighted by Gasteiger charge is 2.13. The van der Waals surface area contributed by atoms with Gasteiger partial charge in [-0.2, -0.15) is 0 Å². The molecule has 1 fully saturated rings. The Balaban J connectivity index is 0.00000264. The second-order valence-corrected chi connectivity index (χ2v) is 6.40. The summed E-state index contributed by atoms with van der Waals surface area (Å²) in [6.45, 7) is 10.4. The summed E-state index contributed by atoms with van der Waals surface area (Å²) in [6, 6.07) is 9.02. The number of nitrogens with two attached hydrogens (primary N) is 1. The van der Waals surface area contributed by atoms with Crippen molar-refractivity contribution < 1.29 is 0 Å². The zero-order chi connectivity index (χ0) is 15.9. The van der Waals surface area contributed by atoms with Crippen LogP contribution in [0.3, 0.4) is 0 Å². The minimum absolute atomic E-state index is 0. The van der Waals surface area contributed by atoms with E-state index in [1.54, 1.807) is 0 Å². The van der Waals surface area contributed by atoms with Gasteiger partial charge in [-0.15, -0.1) is 24.0 Å². The van der Waals surface area contributed by atoms with Crippen LogP contribution in [0.1, 0.15) is 25.0 Å². The Kier molecular flexibility index (Phi) is 8.86. The summed E-state index contributed by atoms with van der Waals surface area (Å²) in [5.74, 6) is 0.511. The molecular formula is C17H30IN5. The molecule has 3 N–H and O–H groups in total. The SMILES string of the molecule is CC(C)NC(N)=NCc1ccc(CN2CCN(C)CC2)cc1.I. The molecule has 1 aliphatic rings. The van der Waals surface area contributed by atoms with Crippen molar-refractivity contribution >= 4 is 29.9 Å². The van der Waals surface area contributed by atoms with Crippen molar-refractivity contribution in [2.24, 2.45) is 10.7 Å². The number of aliphatic imine (C=N–C) groups is 1. The number of benzene rings is 1. The van der Waals surface area contributed by atoms with Crippen molar-refractivity contribution in [3.05, 3.63) is 35.4 Å². The Morgan fingerprint density at radius 3 is 2.26 bits per heavy atom. The van der Waals surface area contributed by atoms with Crippen LogP contribution in [0.5, 0.6) is 0 Å². The molecule has 0 amide bonds. The molecule has 1 aromatic carbocycles. The Morgan fingerprint density at radius 1 is 1.13 bits per heavy atom. The number of guanidine groups is 1. The minimum Gasteiger partial charge on any atom is -0.370 e. The molecule has 23 heavy (non-hydrogen) atoms. The van der Waals surface area contributed by atoms with Gasteiger partial charge in [0.15, 0.2) is 5.96 Å². The summed E-state index contributed by atoms with van der Waals surface area (Å²) >= 11 is 0. The number of nitrogens with zero attached hydrogens (tertiary/aromatic N) is 3. The highest BCUT2D eigenvalue weighted by Crippen LogP contribution is 2.10. The van der Waals surface area contributed by atoms with Crippen molar-refractivity contribution in [1.29, 1.82) is 0 Å². The van der Waals surface area contributed by atoms with Gasteiger partial charge in [0.25, 0.3) is 0 Å². The molecule has 1 saturated heterocycles. The molecule has 1 aliphatic heterocycles. The van der Waals surface area contributed by atoms with E-state index in [4.69, 9.17) is 5.73 Å². The predicted molar refractivity (Wildman–Crippen MR) is 108 cm³/mol. The zero-order valence-corrected chi connectivity index (χ0v) is 16.8. The van der Waals surface area contributed by atoms with Crippen LogP contribution in [0.15, 0.2) is 29.3 Å². The van der Waals surface area contributed by atoms with E-state index in [9.17, 15) is 0 Å². The fraction of sp³-hybridized carbons (Fsp3) is 0.588. The molecule has 0 atom stereocenters. The van der Waals surface area contributed by atoms with E-state index in [-0.39, 0.29) is 24.0 Å². The molecule has 0 bridgehead atoms. The number of likely N-dealkylation sites (N-methyl/N-ethyl adjacent to an activating group) is 1. The van der Waals surface area contributed by atoms with Crippen LogP contribution in [-0.4, -0.2) is 55.0 Å². The van der Waals surface area contributed by atoms with Crippen LogP contribution in [0, 0.1) is 0 Å². The van der Waals surface area contributed by atoms with Crippen LogP contribution in [0.2, 0.25) is 0 Å². The highest BCUT2D eigenvalue weighted by atomic mass is 127. The molecule has 0 unspecified atom stereocenters. The molecule has 5 nitrogen and oxygen atoms in total.